The van der Waals surface area contributed by atoms with Crippen molar-refractivity contribution < 1.29 is 20.1 Å². The van der Waals surface area contributed by atoms with Crippen molar-refractivity contribution in [2.24, 2.45) is 0 Å². The summed E-state index contributed by atoms with van der Waals surface area (Å²) >= 11 is 0. The molecule has 1 aliphatic rings. The fourth-order valence-corrected chi connectivity index (χ4v) is 8.41. The molecular formula is C50H63IrN4-. The number of fused-ring (bicyclic) bond motifs is 3. The van der Waals surface area contributed by atoms with Crippen LogP contribution < -0.4 is 0 Å². The molecule has 3 aromatic carbocycles. The third-order valence-corrected chi connectivity index (χ3v) is 11.8. The van der Waals surface area contributed by atoms with Gasteiger partial charge < -0.3 is 4.98 Å². The zero-order chi connectivity index (χ0) is 38.2. The molecule has 0 fully saturated rings. The predicted molar refractivity (Wildman–Crippen MR) is 227 cm³/mol. The molecule has 0 aliphatic heterocycles. The Morgan fingerprint density at radius 1 is 0.600 bits per heavy atom. The van der Waals surface area contributed by atoms with Crippen LogP contribution in [0.25, 0.3) is 33.8 Å². The summed E-state index contributed by atoms with van der Waals surface area (Å²) in [6.45, 7) is 15.5. The Morgan fingerprint density at radius 2 is 1.20 bits per heavy atom. The second-order valence-electron chi connectivity index (χ2n) is 17.3. The van der Waals surface area contributed by atoms with Crippen LogP contribution in [0.15, 0.2) is 85.1 Å². The van der Waals surface area contributed by atoms with Gasteiger partial charge in [0.2, 0.25) is 0 Å². The normalized spacial score (nSPS) is 13.3. The molecule has 2 heterocycles. The van der Waals surface area contributed by atoms with E-state index in [0.717, 1.165) is 28.5 Å². The van der Waals surface area contributed by atoms with Crippen molar-refractivity contribution >= 4 is 0 Å². The van der Waals surface area contributed by atoms with E-state index in [4.69, 9.17) is 19.9 Å². The fraction of sp³-hybridized carbons (Fsp3) is 0.480. The average Bonchev–Trinajstić information content (AvgIpc) is 3.46. The summed E-state index contributed by atoms with van der Waals surface area (Å²) in [5.41, 5.74) is 9.22. The van der Waals surface area contributed by atoms with E-state index < -0.39 is 0 Å². The Kier molecular flexibility index (Phi) is 14.8. The van der Waals surface area contributed by atoms with Crippen molar-refractivity contribution in [1.29, 1.82) is 0 Å². The third-order valence-electron chi connectivity index (χ3n) is 11.8. The van der Waals surface area contributed by atoms with Gasteiger partial charge in [0.05, 0.1) is 0 Å². The first-order chi connectivity index (χ1) is 26.1. The van der Waals surface area contributed by atoms with Crippen LogP contribution >= 0.6 is 0 Å². The van der Waals surface area contributed by atoms with Gasteiger partial charge in [-0.05, 0) is 43.5 Å². The first-order valence-electron chi connectivity index (χ1n) is 21.0. The van der Waals surface area contributed by atoms with Gasteiger partial charge in [-0.3, -0.25) is 0 Å². The molecule has 0 saturated heterocycles. The first-order valence-corrected chi connectivity index (χ1v) is 21.0. The molecule has 0 amide bonds. The van der Waals surface area contributed by atoms with E-state index in [1.165, 1.54) is 118 Å². The first kappa shape index (κ1) is 42.6. The number of rotatable bonds is 18. The largest absolute Gasteiger partial charge is 0.304 e. The minimum atomic E-state index is -0.388. The zero-order valence-corrected chi connectivity index (χ0v) is 37.0. The van der Waals surface area contributed by atoms with Crippen LogP contribution in [0, 0.1) is 6.07 Å². The van der Waals surface area contributed by atoms with Gasteiger partial charge >= 0.3 is 0 Å². The Bertz CT molecular complexity index is 1940. The molecule has 293 valence electrons. The smallest absolute Gasteiger partial charge is 0.164 e. The van der Waals surface area contributed by atoms with E-state index in [-0.39, 0.29) is 36.4 Å². The third kappa shape index (κ3) is 9.72. The molecule has 0 spiro atoms. The maximum Gasteiger partial charge on any atom is 0.164 e. The van der Waals surface area contributed by atoms with E-state index in [2.05, 4.69) is 133 Å². The van der Waals surface area contributed by atoms with Gasteiger partial charge in [0.25, 0.3) is 0 Å². The standard InChI is InChI=1S/C50H63N4.Ir/c1-8-10-12-14-16-23-33-50(34-24-17-15-13-11-9-2)42-28-22-21-27-40(42)41-31-29-37(35-43(41)50)44-32-30-38(36-51-44)45-52-46(48(3,4)5)54-47(53-45)49(6,7)39-25-19-18-20-26-39;/h18-22,25-28,30-32,35-36H,8-17,23-24,33-34H2,1-7H3;/q-1;. The van der Waals surface area contributed by atoms with Gasteiger partial charge in [-0.1, -0.05) is 190 Å². The topological polar surface area (TPSA) is 51.6 Å². The fourth-order valence-electron chi connectivity index (χ4n) is 8.41. The van der Waals surface area contributed by atoms with E-state index in [9.17, 15) is 0 Å². The molecule has 5 aromatic rings. The van der Waals surface area contributed by atoms with E-state index >= 15 is 0 Å². The number of nitrogens with zero attached hydrogens (tertiary/aromatic N) is 4. The maximum absolute atomic E-state index is 5.09. The van der Waals surface area contributed by atoms with Gasteiger partial charge in [0.1, 0.15) is 11.6 Å². The Labute approximate surface area is 346 Å². The minimum absolute atomic E-state index is 0. The molecule has 0 atom stereocenters. The summed E-state index contributed by atoms with van der Waals surface area (Å²) in [7, 11) is 0. The zero-order valence-electron chi connectivity index (χ0n) is 34.6. The van der Waals surface area contributed by atoms with Crippen molar-refractivity contribution in [3.8, 4) is 33.8 Å². The number of unbranched alkanes of at least 4 members (excludes halogenated alkanes) is 10. The molecule has 4 nitrogen and oxygen atoms in total. The molecule has 6 rings (SSSR count). The van der Waals surface area contributed by atoms with Crippen molar-refractivity contribution in [3.05, 3.63) is 119 Å². The van der Waals surface area contributed by atoms with Crippen molar-refractivity contribution in [1.82, 2.24) is 19.9 Å². The second-order valence-corrected chi connectivity index (χ2v) is 17.3. The Hall–Kier alpha value is -3.53. The molecule has 5 heteroatoms. The molecule has 55 heavy (non-hydrogen) atoms. The summed E-state index contributed by atoms with van der Waals surface area (Å²) in [6, 6.07) is 32.4. The van der Waals surface area contributed by atoms with Gasteiger partial charge in [0.15, 0.2) is 5.82 Å². The molecular weight excluding hydrogens is 849 g/mol. The number of pyridine rings is 1. The van der Waals surface area contributed by atoms with Crippen LogP contribution in [0.3, 0.4) is 0 Å². The minimum Gasteiger partial charge on any atom is -0.304 e. The Balaban J connectivity index is 0.00000580. The van der Waals surface area contributed by atoms with Crippen molar-refractivity contribution in [3.63, 3.8) is 0 Å². The van der Waals surface area contributed by atoms with Crippen LogP contribution in [-0.2, 0) is 36.4 Å². The number of benzene rings is 3. The molecule has 0 saturated carbocycles. The van der Waals surface area contributed by atoms with E-state index in [0.29, 0.717) is 5.82 Å². The summed E-state index contributed by atoms with van der Waals surface area (Å²) < 4.78 is 0. The second kappa shape index (κ2) is 19.1. The van der Waals surface area contributed by atoms with Gasteiger partial charge in [0, 0.05) is 48.1 Å². The monoisotopic (exact) mass is 912 g/mol. The molecule has 1 radical (unpaired) electrons. The van der Waals surface area contributed by atoms with Gasteiger partial charge in [-0.2, -0.15) is 0 Å². The van der Waals surface area contributed by atoms with Gasteiger partial charge in [-0.15, -0.1) is 29.3 Å². The summed E-state index contributed by atoms with van der Waals surface area (Å²) in [4.78, 5) is 20.2. The van der Waals surface area contributed by atoms with E-state index in [1.807, 2.05) is 6.20 Å². The molecule has 0 N–H and O–H groups in total. The van der Waals surface area contributed by atoms with Gasteiger partial charge in [-0.25, -0.2) is 15.0 Å². The number of hydrogen-bond acceptors (Lipinski definition) is 4. The summed E-state index contributed by atoms with van der Waals surface area (Å²) in [5, 5.41) is 0. The molecule has 0 unspecified atom stereocenters. The van der Waals surface area contributed by atoms with Crippen LogP contribution in [0.1, 0.15) is 167 Å². The van der Waals surface area contributed by atoms with Crippen LogP contribution in [0.4, 0.5) is 0 Å². The Morgan fingerprint density at radius 3 is 1.82 bits per heavy atom. The molecule has 0 bridgehead atoms. The summed E-state index contributed by atoms with van der Waals surface area (Å²) in [6.07, 6.45) is 20.1. The number of aromatic nitrogens is 4. The van der Waals surface area contributed by atoms with Crippen LogP contribution in [-0.4, -0.2) is 19.9 Å². The molecule has 1 aliphatic carbocycles. The number of hydrogen-bond donors (Lipinski definition) is 0. The van der Waals surface area contributed by atoms with Crippen molar-refractivity contribution in [2.75, 3.05) is 0 Å². The van der Waals surface area contributed by atoms with Crippen molar-refractivity contribution in [2.45, 2.75) is 155 Å². The SMILES string of the molecule is CCCCCCCCC1(CCCCCCCC)c2ccccc2-c2c[c-]c(-c3ccc(-c4nc(C(C)(C)C)nc(C(C)(C)c5ccccc5)n4)cn3)cc21.[Ir]. The van der Waals surface area contributed by atoms with E-state index in [1.54, 1.807) is 0 Å². The average molecular weight is 912 g/mol. The van der Waals surface area contributed by atoms with Crippen LogP contribution in [0.5, 0.6) is 0 Å². The summed E-state index contributed by atoms with van der Waals surface area (Å²) in [5.74, 6) is 2.22. The molecule has 2 aromatic heterocycles. The maximum atomic E-state index is 5.09. The predicted octanol–water partition coefficient (Wildman–Crippen LogP) is 13.8. The quantitative estimate of drug-likeness (QED) is 0.0649. The van der Waals surface area contributed by atoms with Crippen LogP contribution in [0.2, 0.25) is 0 Å².